The van der Waals surface area contributed by atoms with Gasteiger partial charge < -0.3 is 0 Å². The van der Waals surface area contributed by atoms with E-state index in [-0.39, 0.29) is 11.2 Å². The molecule has 0 amide bonds. The first-order chi connectivity index (χ1) is 10.1. The van der Waals surface area contributed by atoms with Gasteiger partial charge in [-0.1, -0.05) is 46.3 Å². The molecule has 0 saturated heterocycles. The third-order valence-electron chi connectivity index (χ3n) is 4.49. The maximum Gasteiger partial charge on any atom is 0.127 e. The SMILES string of the molecule is Fc1cc(Br)ccc1CC1(CCl)CCCc2ccccc21. The largest absolute Gasteiger partial charge is 0.207 e. The fourth-order valence-corrected chi connectivity index (χ4v) is 4.11. The van der Waals surface area contributed by atoms with Crippen molar-refractivity contribution in [2.24, 2.45) is 0 Å². The molecule has 1 unspecified atom stereocenters. The Morgan fingerprint density at radius 2 is 2.00 bits per heavy atom. The Kier molecular flexibility index (Phi) is 4.37. The van der Waals surface area contributed by atoms with Crippen molar-refractivity contribution in [2.75, 3.05) is 5.88 Å². The van der Waals surface area contributed by atoms with E-state index in [2.05, 4.69) is 40.2 Å². The molecular formula is C18H17BrClF. The molecule has 0 nitrogen and oxygen atoms in total. The molecule has 1 atom stereocenters. The summed E-state index contributed by atoms with van der Waals surface area (Å²) in [5.41, 5.74) is 3.26. The van der Waals surface area contributed by atoms with Crippen LogP contribution in [0.4, 0.5) is 4.39 Å². The molecule has 3 rings (SSSR count). The molecule has 0 aliphatic heterocycles. The van der Waals surface area contributed by atoms with E-state index < -0.39 is 0 Å². The van der Waals surface area contributed by atoms with Crippen LogP contribution < -0.4 is 0 Å². The molecule has 0 fully saturated rings. The van der Waals surface area contributed by atoms with E-state index in [1.807, 2.05) is 12.1 Å². The zero-order valence-electron chi connectivity index (χ0n) is 11.7. The van der Waals surface area contributed by atoms with Gasteiger partial charge in [-0.3, -0.25) is 0 Å². The molecule has 2 aromatic carbocycles. The molecule has 0 saturated carbocycles. The van der Waals surface area contributed by atoms with Crippen LogP contribution in [0.5, 0.6) is 0 Å². The fraction of sp³-hybridized carbons (Fsp3) is 0.333. The highest BCUT2D eigenvalue weighted by atomic mass is 79.9. The minimum atomic E-state index is -0.156. The van der Waals surface area contributed by atoms with Gasteiger partial charge in [-0.25, -0.2) is 4.39 Å². The topological polar surface area (TPSA) is 0 Å². The van der Waals surface area contributed by atoms with Gasteiger partial charge in [0.2, 0.25) is 0 Å². The van der Waals surface area contributed by atoms with Crippen LogP contribution >= 0.6 is 27.5 Å². The average Bonchev–Trinajstić information content (AvgIpc) is 2.50. The Labute approximate surface area is 138 Å². The van der Waals surface area contributed by atoms with Crippen LogP contribution in [0.3, 0.4) is 0 Å². The highest BCUT2D eigenvalue weighted by molar-refractivity contribution is 9.10. The first-order valence-corrected chi connectivity index (χ1v) is 8.56. The quantitative estimate of drug-likeness (QED) is 0.615. The fourth-order valence-electron chi connectivity index (χ4n) is 3.41. The molecule has 1 aliphatic carbocycles. The van der Waals surface area contributed by atoms with Crippen molar-refractivity contribution in [3.8, 4) is 0 Å². The Morgan fingerprint density at radius 3 is 2.76 bits per heavy atom. The molecule has 0 bridgehead atoms. The van der Waals surface area contributed by atoms with Gasteiger partial charge in [-0.15, -0.1) is 11.6 Å². The zero-order valence-corrected chi connectivity index (χ0v) is 14.1. The van der Waals surface area contributed by atoms with Crippen molar-refractivity contribution in [2.45, 2.75) is 31.1 Å². The van der Waals surface area contributed by atoms with Crippen LogP contribution in [0.25, 0.3) is 0 Å². The van der Waals surface area contributed by atoms with Crippen LogP contribution in [-0.4, -0.2) is 5.88 Å². The molecule has 110 valence electrons. The summed E-state index contributed by atoms with van der Waals surface area (Å²) < 4.78 is 15.0. The lowest BCUT2D eigenvalue weighted by molar-refractivity contribution is 0.390. The molecule has 0 radical (unpaired) electrons. The van der Waals surface area contributed by atoms with E-state index in [0.29, 0.717) is 12.3 Å². The Bertz CT molecular complexity index is 655. The van der Waals surface area contributed by atoms with Gasteiger partial charge >= 0.3 is 0 Å². The van der Waals surface area contributed by atoms with Gasteiger partial charge in [-0.05, 0) is 54.5 Å². The lowest BCUT2D eigenvalue weighted by Crippen LogP contribution is -2.35. The van der Waals surface area contributed by atoms with Crippen molar-refractivity contribution in [3.05, 3.63) is 69.4 Å². The van der Waals surface area contributed by atoms with Crippen LogP contribution in [0.1, 0.15) is 29.5 Å². The normalized spacial score (nSPS) is 21.1. The molecular weight excluding hydrogens is 351 g/mol. The lowest BCUT2D eigenvalue weighted by Gasteiger charge is -2.38. The van der Waals surface area contributed by atoms with Crippen LogP contribution in [0.15, 0.2) is 46.9 Å². The number of halogens is 3. The molecule has 21 heavy (non-hydrogen) atoms. The predicted octanol–water partition coefficient (Wildman–Crippen LogP) is 5.64. The van der Waals surface area contributed by atoms with Gasteiger partial charge in [-0.2, -0.15) is 0 Å². The Morgan fingerprint density at radius 1 is 1.19 bits per heavy atom. The summed E-state index contributed by atoms with van der Waals surface area (Å²) in [6.07, 6.45) is 3.88. The first-order valence-electron chi connectivity index (χ1n) is 7.23. The molecule has 0 aromatic heterocycles. The second-order valence-electron chi connectivity index (χ2n) is 5.84. The van der Waals surface area contributed by atoms with E-state index in [1.165, 1.54) is 17.2 Å². The summed E-state index contributed by atoms with van der Waals surface area (Å²) in [5, 5.41) is 0. The highest BCUT2D eigenvalue weighted by Gasteiger charge is 2.36. The average molecular weight is 368 g/mol. The molecule has 0 heterocycles. The summed E-state index contributed by atoms with van der Waals surface area (Å²) in [6.45, 7) is 0. The predicted molar refractivity (Wildman–Crippen MR) is 89.6 cm³/mol. The van der Waals surface area contributed by atoms with Crippen LogP contribution in [-0.2, 0) is 18.3 Å². The number of rotatable bonds is 3. The van der Waals surface area contributed by atoms with Crippen LogP contribution in [0.2, 0.25) is 0 Å². The lowest BCUT2D eigenvalue weighted by atomic mass is 9.68. The highest BCUT2D eigenvalue weighted by Crippen LogP contribution is 2.41. The van der Waals surface area contributed by atoms with Gasteiger partial charge in [0.25, 0.3) is 0 Å². The van der Waals surface area contributed by atoms with Crippen LogP contribution in [0, 0.1) is 5.82 Å². The molecule has 2 aromatic rings. The van der Waals surface area contributed by atoms with Gasteiger partial charge in [0.1, 0.15) is 5.82 Å². The molecule has 0 N–H and O–H groups in total. The number of benzene rings is 2. The number of aryl methyl sites for hydroxylation is 1. The van der Waals surface area contributed by atoms with E-state index >= 15 is 0 Å². The number of hydrogen-bond acceptors (Lipinski definition) is 0. The van der Waals surface area contributed by atoms with Crippen molar-refractivity contribution in [1.82, 2.24) is 0 Å². The minimum absolute atomic E-state index is 0.148. The smallest absolute Gasteiger partial charge is 0.127 e. The van der Waals surface area contributed by atoms with E-state index in [1.54, 1.807) is 0 Å². The van der Waals surface area contributed by atoms with Crippen molar-refractivity contribution in [3.63, 3.8) is 0 Å². The molecule has 0 spiro atoms. The second kappa shape index (κ2) is 6.10. The maximum atomic E-state index is 14.2. The van der Waals surface area contributed by atoms with Crippen molar-refractivity contribution in [1.29, 1.82) is 0 Å². The van der Waals surface area contributed by atoms with E-state index in [0.717, 1.165) is 29.3 Å². The summed E-state index contributed by atoms with van der Waals surface area (Å²) in [4.78, 5) is 0. The minimum Gasteiger partial charge on any atom is -0.207 e. The summed E-state index contributed by atoms with van der Waals surface area (Å²) in [6, 6.07) is 13.8. The first kappa shape index (κ1) is 15.1. The number of hydrogen-bond donors (Lipinski definition) is 0. The zero-order chi connectivity index (χ0) is 14.9. The maximum absolute atomic E-state index is 14.2. The third-order valence-corrected chi connectivity index (χ3v) is 5.49. The summed E-state index contributed by atoms with van der Waals surface area (Å²) in [7, 11) is 0. The van der Waals surface area contributed by atoms with E-state index in [4.69, 9.17) is 11.6 Å². The Balaban J connectivity index is 2.02. The van der Waals surface area contributed by atoms with Crippen molar-refractivity contribution >= 4 is 27.5 Å². The summed E-state index contributed by atoms with van der Waals surface area (Å²) >= 11 is 9.68. The van der Waals surface area contributed by atoms with Gasteiger partial charge in [0.05, 0.1) is 0 Å². The third kappa shape index (κ3) is 2.89. The second-order valence-corrected chi connectivity index (χ2v) is 7.02. The summed E-state index contributed by atoms with van der Waals surface area (Å²) in [5.74, 6) is 0.372. The van der Waals surface area contributed by atoms with E-state index in [9.17, 15) is 4.39 Å². The monoisotopic (exact) mass is 366 g/mol. The van der Waals surface area contributed by atoms with Gasteiger partial charge in [0.15, 0.2) is 0 Å². The number of fused-ring (bicyclic) bond motifs is 1. The standard InChI is InChI=1S/C18H17BrClF/c19-15-8-7-14(17(21)10-15)11-18(12-20)9-3-5-13-4-1-2-6-16(13)18/h1-2,4,6-8,10H,3,5,9,11-12H2. The number of alkyl halides is 1. The molecule has 1 aliphatic rings. The van der Waals surface area contributed by atoms with Crippen molar-refractivity contribution < 1.29 is 4.39 Å². The Hall–Kier alpha value is -0.860. The molecule has 3 heteroatoms. The van der Waals surface area contributed by atoms with Gasteiger partial charge in [0, 0.05) is 15.8 Å².